The van der Waals surface area contributed by atoms with E-state index in [0.29, 0.717) is 5.28 Å². The van der Waals surface area contributed by atoms with Gasteiger partial charge in [-0.15, -0.1) is 0 Å². The van der Waals surface area contributed by atoms with Gasteiger partial charge in [0.15, 0.2) is 0 Å². The van der Waals surface area contributed by atoms with Crippen molar-refractivity contribution in [2.75, 3.05) is 18.0 Å². The molecule has 92 valence electrons. The van der Waals surface area contributed by atoms with Crippen molar-refractivity contribution in [2.24, 2.45) is 5.92 Å². The monoisotopic (exact) mass is 251 g/mol. The van der Waals surface area contributed by atoms with E-state index in [0.717, 1.165) is 37.7 Å². The molecule has 3 rings (SSSR count). The van der Waals surface area contributed by atoms with Crippen LogP contribution < -0.4 is 4.90 Å². The van der Waals surface area contributed by atoms with Gasteiger partial charge >= 0.3 is 0 Å². The van der Waals surface area contributed by atoms with Gasteiger partial charge in [0.2, 0.25) is 5.28 Å². The average molecular weight is 252 g/mol. The lowest BCUT2D eigenvalue weighted by atomic mass is 10.00. The van der Waals surface area contributed by atoms with Gasteiger partial charge in [0, 0.05) is 18.7 Å². The molecule has 4 heteroatoms. The van der Waals surface area contributed by atoms with Gasteiger partial charge in [0.1, 0.15) is 5.82 Å². The molecule has 1 unspecified atom stereocenters. The van der Waals surface area contributed by atoms with Crippen molar-refractivity contribution in [3.63, 3.8) is 0 Å². The molecule has 17 heavy (non-hydrogen) atoms. The van der Waals surface area contributed by atoms with Crippen LogP contribution in [0.25, 0.3) is 0 Å². The number of hydrogen-bond acceptors (Lipinski definition) is 3. The largest absolute Gasteiger partial charge is 0.356 e. The Labute approximate surface area is 107 Å². The van der Waals surface area contributed by atoms with Crippen molar-refractivity contribution in [2.45, 2.75) is 39.0 Å². The lowest BCUT2D eigenvalue weighted by molar-refractivity contribution is 0.443. The van der Waals surface area contributed by atoms with Crippen LogP contribution in [0, 0.1) is 5.92 Å². The molecular formula is C13H18ClN3. The molecule has 1 aromatic rings. The van der Waals surface area contributed by atoms with Crippen LogP contribution in [0.3, 0.4) is 0 Å². The SMILES string of the molecule is CC1CCCN(c2nc(Cl)nc3c2CCC3)C1. The molecule has 1 saturated heterocycles. The summed E-state index contributed by atoms with van der Waals surface area (Å²) in [6.45, 7) is 4.54. The summed E-state index contributed by atoms with van der Waals surface area (Å²) >= 11 is 6.04. The number of nitrogens with zero attached hydrogens (tertiary/aromatic N) is 3. The summed E-state index contributed by atoms with van der Waals surface area (Å²) < 4.78 is 0. The molecule has 1 atom stereocenters. The Morgan fingerprint density at radius 2 is 2.12 bits per heavy atom. The number of aryl methyl sites for hydroxylation is 1. The molecule has 2 heterocycles. The van der Waals surface area contributed by atoms with Crippen LogP contribution in [-0.4, -0.2) is 23.1 Å². The third kappa shape index (κ3) is 2.13. The number of anilines is 1. The van der Waals surface area contributed by atoms with E-state index >= 15 is 0 Å². The van der Waals surface area contributed by atoms with Crippen LogP contribution in [0.2, 0.25) is 5.28 Å². The summed E-state index contributed by atoms with van der Waals surface area (Å²) in [6.07, 6.45) is 5.97. The molecule has 0 N–H and O–H groups in total. The second-order valence-electron chi connectivity index (χ2n) is 5.29. The smallest absolute Gasteiger partial charge is 0.224 e. The average Bonchev–Trinajstić information content (AvgIpc) is 2.75. The van der Waals surface area contributed by atoms with E-state index < -0.39 is 0 Å². The summed E-state index contributed by atoms with van der Waals surface area (Å²) in [6, 6.07) is 0. The third-order valence-corrected chi connectivity index (χ3v) is 4.01. The van der Waals surface area contributed by atoms with Crippen LogP contribution in [0.4, 0.5) is 5.82 Å². The predicted molar refractivity (Wildman–Crippen MR) is 69.7 cm³/mol. The maximum atomic E-state index is 6.04. The Bertz CT molecular complexity index is 433. The van der Waals surface area contributed by atoms with Crippen LogP contribution in [0.15, 0.2) is 0 Å². The van der Waals surface area contributed by atoms with Gasteiger partial charge in [-0.05, 0) is 49.6 Å². The first-order valence-electron chi connectivity index (χ1n) is 6.54. The maximum absolute atomic E-state index is 6.04. The van der Waals surface area contributed by atoms with Crippen molar-refractivity contribution in [1.29, 1.82) is 0 Å². The van der Waals surface area contributed by atoms with E-state index in [1.54, 1.807) is 0 Å². The maximum Gasteiger partial charge on any atom is 0.224 e. The number of fused-ring (bicyclic) bond motifs is 1. The fourth-order valence-electron chi connectivity index (χ4n) is 3.03. The zero-order valence-electron chi connectivity index (χ0n) is 10.2. The highest BCUT2D eigenvalue weighted by atomic mass is 35.5. The van der Waals surface area contributed by atoms with Crippen LogP contribution in [-0.2, 0) is 12.8 Å². The van der Waals surface area contributed by atoms with Gasteiger partial charge < -0.3 is 4.90 Å². The van der Waals surface area contributed by atoms with Gasteiger partial charge in [0.05, 0.1) is 5.69 Å². The number of halogens is 1. The molecule has 0 bridgehead atoms. The van der Waals surface area contributed by atoms with Crippen molar-refractivity contribution in [1.82, 2.24) is 9.97 Å². The molecular weight excluding hydrogens is 234 g/mol. The lowest BCUT2D eigenvalue weighted by Crippen LogP contribution is -2.35. The van der Waals surface area contributed by atoms with Crippen molar-refractivity contribution >= 4 is 17.4 Å². The van der Waals surface area contributed by atoms with Crippen LogP contribution in [0.5, 0.6) is 0 Å². The molecule has 3 nitrogen and oxygen atoms in total. The first-order valence-corrected chi connectivity index (χ1v) is 6.92. The molecule has 0 amide bonds. The molecule has 0 spiro atoms. The minimum atomic E-state index is 0.416. The zero-order chi connectivity index (χ0) is 11.8. The molecule has 0 saturated carbocycles. The summed E-state index contributed by atoms with van der Waals surface area (Å²) in [5.74, 6) is 1.87. The van der Waals surface area contributed by atoms with Crippen molar-refractivity contribution in [3.8, 4) is 0 Å². The number of aromatic nitrogens is 2. The van der Waals surface area contributed by atoms with Crippen molar-refractivity contribution < 1.29 is 0 Å². The van der Waals surface area contributed by atoms with E-state index in [4.69, 9.17) is 11.6 Å². The Morgan fingerprint density at radius 3 is 2.94 bits per heavy atom. The van der Waals surface area contributed by atoms with Gasteiger partial charge in [-0.3, -0.25) is 0 Å². The number of piperidine rings is 1. The molecule has 1 aliphatic carbocycles. The summed E-state index contributed by atoms with van der Waals surface area (Å²) in [4.78, 5) is 11.2. The predicted octanol–water partition coefficient (Wildman–Crippen LogP) is 2.86. The molecule has 1 aliphatic heterocycles. The van der Waals surface area contributed by atoms with Gasteiger partial charge in [0.25, 0.3) is 0 Å². The quantitative estimate of drug-likeness (QED) is 0.719. The van der Waals surface area contributed by atoms with Crippen LogP contribution in [0.1, 0.15) is 37.4 Å². The Morgan fingerprint density at radius 1 is 1.24 bits per heavy atom. The second kappa shape index (κ2) is 4.45. The fraction of sp³-hybridized carbons (Fsp3) is 0.692. The lowest BCUT2D eigenvalue weighted by Gasteiger charge is -2.33. The van der Waals surface area contributed by atoms with E-state index in [2.05, 4.69) is 21.8 Å². The first kappa shape index (κ1) is 11.3. The molecule has 0 radical (unpaired) electrons. The molecule has 1 fully saturated rings. The van der Waals surface area contributed by atoms with Crippen LogP contribution >= 0.6 is 11.6 Å². The van der Waals surface area contributed by atoms with Gasteiger partial charge in [-0.2, -0.15) is 0 Å². The highest BCUT2D eigenvalue weighted by Crippen LogP contribution is 2.32. The van der Waals surface area contributed by atoms with E-state index in [1.807, 2.05) is 0 Å². The highest BCUT2D eigenvalue weighted by Gasteiger charge is 2.25. The minimum Gasteiger partial charge on any atom is -0.356 e. The number of hydrogen-bond donors (Lipinski definition) is 0. The van der Waals surface area contributed by atoms with E-state index in [-0.39, 0.29) is 0 Å². The standard InChI is InChI=1S/C13H18ClN3/c1-9-4-3-7-17(8-9)12-10-5-2-6-11(10)15-13(14)16-12/h9H,2-8H2,1H3. The Hall–Kier alpha value is -0.830. The summed E-state index contributed by atoms with van der Waals surface area (Å²) in [7, 11) is 0. The normalized spacial score (nSPS) is 23.9. The van der Waals surface area contributed by atoms with E-state index in [9.17, 15) is 0 Å². The Balaban J connectivity index is 1.96. The molecule has 1 aromatic heterocycles. The highest BCUT2D eigenvalue weighted by molar-refractivity contribution is 6.28. The van der Waals surface area contributed by atoms with Gasteiger partial charge in [-0.25, -0.2) is 9.97 Å². The summed E-state index contributed by atoms with van der Waals surface area (Å²) in [5, 5.41) is 0.416. The number of rotatable bonds is 1. The first-order chi connectivity index (χ1) is 8.24. The Kier molecular flexibility index (Phi) is 2.95. The summed E-state index contributed by atoms with van der Waals surface area (Å²) in [5.41, 5.74) is 2.53. The second-order valence-corrected chi connectivity index (χ2v) is 5.63. The fourth-order valence-corrected chi connectivity index (χ4v) is 3.21. The van der Waals surface area contributed by atoms with E-state index in [1.165, 1.54) is 30.5 Å². The van der Waals surface area contributed by atoms with Gasteiger partial charge in [-0.1, -0.05) is 6.92 Å². The third-order valence-electron chi connectivity index (χ3n) is 3.84. The minimum absolute atomic E-state index is 0.416. The van der Waals surface area contributed by atoms with Crippen molar-refractivity contribution in [3.05, 3.63) is 16.5 Å². The zero-order valence-corrected chi connectivity index (χ0v) is 11.0. The molecule has 0 aromatic carbocycles. The topological polar surface area (TPSA) is 29.0 Å². The molecule has 2 aliphatic rings.